The summed E-state index contributed by atoms with van der Waals surface area (Å²) < 4.78 is 5.36. The smallest absolute Gasteiger partial charge is 0.265 e. The molecule has 6 nitrogen and oxygen atoms in total. The summed E-state index contributed by atoms with van der Waals surface area (Å²) in [5.41, 5.74) is 6.89. The lowest BCUT2D eigenvalue weighted by molar-refractivity contribution is -0.131. The van der Waals surface area contributed by atoms with E-state index in [9.17, 15) is 9.59 Å². The molecule has 1 fully saturated rings. The second-order valence-corrected chi connectivity index (χ2v) is 5.08. The number of carbonyl (C=O) groups is 2. The van der Waals surface area contributed by atoms with Crippen LogP contribution in [0.15, 0.2) is 18.2 Å². The number of ether oxygens (including phenoxy) is 1. The minimum atomic E-state index is -0.199. The molecular formula is C14H17N3O3. The molecule has 2 heterocycles. The Morgan fingerprint density at radius 1 is 1.30 bits per heavy atom. The summed E-state index contributed by atoms with van der Waals surface area (Å²) >= 11 is 0. The minimum Gasteiger partial charge on any atom is -0.481 e. The van der Waals surface area contributed by atoms with Crippen LogP contribution in [0.5, 0.6) is 5.75 Å². The highest BCUT2D eigenvalue weighted by molar-refractivity contribution is 6.02. The third kappa shape index (κ3) is 2.29. The van der Waals surface area contributed by atoms with Crippen LogP contribution >= 0.6 is 0 Å². The average molecular weight is 275 g/mol. The number of likely N-dealkylation sites (tertiary alicyclic amines) is 1. The largest absolute Gasteiger partial charge is 0.481 e. The first-order valence-corrected chi connectivity index (χ1v) is 6.75. The molecule has 1 aromatic carbocycles. The van der Waals surface area contributed by atoms with E-state index < -0.39 is 0 Å². The zero-order valence-electron chi connectivity index (χ0n) is 11.2. The summed E-state index contributed by atoms with van der Waals surface area (Å²) in [7, 11) is 0. The number of rotatable bonds is 2. The van der Waals surface area contributed by atoms with Crippen molar-refractivity contribution in [2.24, 2.45) is 0 Å². The molecule has 0 bridgehead atoms. The highest BCUT2D eigenvalue weighted by Crippen LogP contribution is 2.33. The highest BCUT2D eigenvalue weighted by atomic mass is 16.5. The summed E-state index contributed by atoms with van der Waals surface area (Å²) in [6.07, 6.45) is 2.08. The molecule has 0 unspecified atom stereocenters. The molecule has 0 saturated carbocycles. The van der Waals surface area contributed by atoms with E-state index in [2.05, 4.69) is 0 Å². The summed E-state index contributed by atoms with van der Waals surface area (Å²) in [6.45, 7) is 1.58. The van der Waals surface area contributed by atoms with Gasteiger partial charge in [0, 0.05) is 24.8 Å². The van der Waals surface area contributed by atoms with Gasteiger partial charge in [-0.05, 0) is 25.0 Å². The Balaban J connectivity index is 1.82. The van der Waals surface area contributed by atoms with Crippen molar-refractivity contribution in [1.29, 1.82) is 0 Å². The second-order valence-electron chi connectivity index (χ2n) is 5.08. The van der Waals surface area contributed by atoms with Crippen molar-refractivity contribution < 1.29 is 14.3 Å². The van der Waals surface area contributed by atoms with Crippen LogP contribution < -0.4 is 15.4 Å². The Labute approximate surface area is 117 Å². The van der Waals surface area contributed by atoms with Crippen molar-refractivity contribution in [3.63, 3.8) is 0 Å². The van der Waals surface area contributed by atoms with Gasteiger partial charge in [-0.1, -0.05) is 0 Å². The van der Waals surface area contributed by atoms with Crippen LogP contribution in [0.25, 0.3) is 0 Å². The molecule has 0 aromatic heterocycles. The van der Waals surface area contributed by atoms with Gasteiger partial charge in [-0.15, -0.1) is 0 Å². The first-order valence-electron chi connectivity index (χ1n) is 6.75. The molecule has 20 heavy (non-hydrogen) atoms. The number of fused-ring (bicyclic) bond motifs is 1. The Bertz CT molecular complexity index is 553. The van der Waals surface area contributed by atoms with Gasteiger partial charge < -0.3 is 15.4 Å². The number of hydrogen-bond acceptors (Lipinski definition) is 4. The van der Waals surface area contributed by atoms with E-state index in [1.807, 2.05) is 0 Å². The molecule has 3 rings (SSSR count). The molecule has 1 saturated heterocycles. The van der Waals surface area contributed by atoms with E-state index >= 15 is 0 Å². The predicted molar refractivity (Wildman–Crippen MR) is 74.5 cm³/mol. The fraction of sp³-hybridized carbons (Fsp3) is 0.429. The quantitative estimate of drug-likeness (QED) is 0.803. The normalized spacial score (nSPS) is 17.9. The number of carbonyl (C=O) groups excluding carboxylic acids is 2. The van der Waals surface area contributed by atoms with Crippen molar-refractivity contribution in [2.45, 2.75) is 12.8 Å². The molecule has 2 N–H and O–H groups in total. The van der Waals surface area contributed by atoms with E-state index in [1.165, 1.54) is 4.90 Å². The van der Waals surface area contributed by atoms with Gasteiger partial charge in [0.2, 0.25) is 5.91 Å². The number of nitrogen functional groups attached to an aromatic ring is 1. The van der Waals surface area contributed by atoms with Gasteiger partial charge in [0.05, 0.1) is 5.69 Å². The van der Waals surface area contributed by atoms with Crippen LogP contribution in [0, 0.1) is 0 Å². The maximum Gasteiger partial charge on any atom is 0.265 e. The summed E-state index contributed by atoms with van der Waals surface area (Å²) in [5.74, 6) is 0.342. The van der Waals surface area contributed by atoms with Crippen molar-refractivity contribution in [3.05, 3.63) is 18.2 Å². The Kier molecular flexibility index (Phi) is 3.22. The van der Waals surface area contributed by atoms with Gasteiger partial charge in [0.15, 0.2) is 6.61 Å². The molecule has 2 amide bonds. The van der Waals surface area contributed by atoms with Crippen molar-refractivity contribution >= 4 is 23.2 Å². The van der Waals surface area contributed by atoms with E-state index in [1.54, 1.807) is 23.1 Å². The van der Waals surface area contributed by atoms with E-state index in [0.29, 0.717) is 17.1 Å². The highest BCUT2D eigenvalue weighted by Gasteiger charge is 2.29. The van der Waals surface area contributed by atoms with E-state index in [-0.39, 0.29) is 25.0 Å². The number of amides is 2. The van der Waals surface area contributed by atoms with Crippen LogP contribution in [-0.2, 0) is 9.59 Å². The fourth-order valence-electron chi connectivity index (χ4n) is 2.60. The van der Waals surface area contributed by atoms with Gasteiger partial charge in [0.25, 0.3) is 5.91 Å². The first kappa shape index (κ1) is 12.8. The minimum absolute atomic E-state index is 0.0134. The lowest BCUT2D eigenvalue weighted by atomic mass is 10.2. The lowest BCUT2D eigenvalue weighted by Gasteiger charge is -2.30. The van der Waals surface area contributed by atoms with Crippen molar-refractivity contribution in [2.75, 3.05) is 36.9 Å². The van der Waals surface area contributed by atoms with Gasteiger partial charge in [-0.2, -0.15) is 0 Å². The maximum absolute atomic E-state index is 12.2. The zero-order valence-corrected chi connectivity index (χ0v) is 11.2. The second kappa shape index (κ2) is 5.03. The molecule has 2 aliphatic rings. The zero-order chi connectivity index (χ0) is 14.1. The predicted octanol–water partition coefficient (Wildman–Crippen LogP) is 0.617. The SMILES string of the molecule is Nc1ccc2c(c1)OCC(=O)N2CC(=O)N1CCCC1. The van der Waals surface area contributed by atoms with Crippen LogP contribution in [0.3, 0.4) is 0 Å². The molecular weight excluding hydrogens is 258 g/mol. The monoisotopic (exact) mass is 275 g/mol. The van der Waals surface area contributed by atoms with Crippen LogP contribution in [-0.4, -0.2) is 43.0 Å². The average Bonchev–Trinajstić information content (AvgIpc) is 2.96. The van der Waals surface area contributed by atoms with E-state index in [4.69, 9.17) is 10.5 Å². The maximum atomic E-state index is 12.2. The standard InChI is InChI=1S/C14H17N3O3/c15-10-3-4-11-12(7-10)20-9-14(19)17(11)8-13(18)16-5-1-2-6-16/h3-4,7H,1-2,5-6,8-9,15H2. The van der Waals surface area contributed by atoms with Gasteiger partial charge in [0.1, 0.15) is 12.3 Å². The molecule has 0 atom stereocenters. The van der Waals surface area contributed by atoms with Crippen molar-refractivity contribution in [3.8, 4) is 5.75 Å². The van der Waals surface area contributed by atoms with Crippen LogP contribution in [0.4, 0.5) is 11.4 Å². The van der Waals surface area contributed by atoms with Crippen LogP contribution in [0.1, 0.15) is 12.8 Å². The van der Waals surface area contributed by atoms with Gasteiger partial charge >= 0.3 is 0 Å². The molecule has 0 radical (unpaired) electrons. The van der Waals surface area contributed by atoms with Crippen LogP contribution in [0.2, 0.25) is 0 Å². The topological polar surface area (TPSA) is 75.9 Å². The Morgan fingerprint density at radius 2 is 2.05 bits per heavy atom. The molecule has 1 aromatic rings. The van der Waals surface area contributed by atoms with Gasteiger partial charge in [-0.25, -0.2) is 0 Å². The number of nitrogens with zero attached hydrogens (tertiary/aromatic N) is 2. The summed E-state index contributed by atoms with van der Waals surface area (Å²) in [6, 6.07) is 5.10. The third-order valence-corrected chi connectivity index (χ3v) is 3.68. The first-order chi connectivity index (χ1) is 9.65. The molecule has 106 valence electrons. The third-order valence-electron chi connectivity index (χ3n) is 3.68. The lowest BCUT2D eigenvalue weighted by Crippen LogP contribution is -2.45. The Morgan fingerprint density at radius 3 is 2.80 bits per heavy atom. The summed E-state index contributed by atoms with van der Waals surface area (Å²) in [5, 5.41) is 0. The number of benzene rings is 1. The van der Waals surface area contributed by atoms with Gasteiger partial charge in [-0.3, -0.25) is 14.5 Å². The summed E-state index contributed by atoms with van der Waals surface area (Å²) in [4.78, 5) is 27.5. The number of hydrogen-bond donors (Lipinski definition) is 1. The van der Waals surface area contributed by atoms with E-state index in [0.717, 1.165) is 25.9 Å². The fourth-order valence-corrected chi connectivity index (χ4v) is 2.60. The molecule has 0 spiro atoms. The molecule has 0 aliphatic carbocycles. The molecule has 2 aliphatic heterocycles. The van der Waals surface area contributed by atoms with Crippen molar-refractivity contribution in [1.82, 2.24) is 4.90 Å². The number of nitrogens with two attached hydrogens (primary N) is 1. The molecule has 6 heteroatoms. The Hall–Kier alpha value is -2.24. The number of anilines is 2.